The quantitative estimate of drug-likeness (QED) is 0.777. The summed E-state index contributed by atoms with van der Waals surface area (Å²) in [6, 6.07) is 3.06. The molecule has 1 saturated heterocycles. The summed E-state index contributed by atoms with van der Waals surface area (Å²) in [5, 5.41) is 8.95. The van der Waals surface area contributed by atoms with Crippen LogP contribution < -0.4 is 0 Å². The highest BCUT2D eigenvalue weighted by atomic mass is 19.1. The number of rotatable bonds is 2. The first kappa shape index (κ1) is 11.5. The Labute approximate surface area is 96.9 Å². The number of carboxylic acids is 1. The largest absolute Gasteiger partial charge is 0.480 e. The van der Waals surface area contributed by atoms with Gasteiger partial charge in [0, 0.05) is 6.54 Å². The van der Waals surface area contributed by atoms with Crippen LogP contribution in [0.3, 0.4) is 0 Å². The molecule has 1 N–H and O–H groups in total. The van der Waals surface area contributed by atoms with Gasteiger partial charge in [-0.3, -0.25) is 4.79 Å². The zero-order valence-electron chi connectivity index (χ0n) is 8.97. The highest BCUT2D eigenvalue weighted by molar-refractivity contribution is 5.95. The van der Waals surface area contributed by atoms with Crippen LogP contribution in [0.25, 0.3) is 0 Å². The number of amides is 1. The van der Waals surface area contributed by atoms with Crippen LogP contribution in [0, 0.1) is 5.95 Å². The maximum Gasteiger partial charge on any atom is 0.326 e. The monoisotopic (exact) mass is 238 g/mol. The van der Waals surface area contributed by atoms with Crippen molar-refractivity contribution in [1.29, 1.82) is 0 Å². The lowest BCUT2D eigenvalue weighted by atomic mass is 10.2. The molecule has 5 nitrogen and oxygen atoms in total. The van der Waals surface area contributed by atoms with Gasteiger partial charge < -0.3 is 10.0 Å². The zero-order chi connectivity index (χ0) is 12.4. The van der Waals surface area contributed by atoms with Gasteiger partial charge in [0.05, 0.1) is 0 Å². The molecule has 1 aromatic rings. The topological polar surface area (TPSA) is 70.5 Å². The van der Waals surface area contributed by atoms with Gasteiger partial charge in [-0.05, 0) is 25.0 Å². The molecule has 0 spiro atoms. The number of carbonyl (C=O) groups is 2. The second kappa shape index (κ2) is 4.48. The van der Waals surface area contributed by atoms with Crippen molar-refractivity contribution in [3.8, 4) is 0 Å². The fraction of sp³-hybridized carbons (Fsp3) is 0.364. The van der Waals surface area contributed by atoms with Gasteiger partial charge in [-0.2, -0.15) is 4.39 Å². The number of carboxylic acid groups (broad SMARTS) is 1. The van der Waals surface area contributed by atoms with Crippen LogP contribution in [0.2, 0.25) is 0 Å². The molecule has 0 aromatic carbocycles. The van der Waals surface area contributed by atoms with E-state index >= 15 is 0 Å². The molecule has 1 aliphatic heterocycles. The van der Waals surface area contributed by atoms with Crippen LogP contribution in [0.5, 0.6) is 0 Å². The third-order valence-corrected chi connectivity index (χ3v) is 2.73. The summed E-state index contributed by atoms with van der Waals surface area (Å²) in [5.41, 5.74) is -0.0573. The van der Waals surface area contributed by atoms with E-state index in [9.17, 15) is 14.0 Å². The molecule has 1 fully saturated rings. The molecule has 1 amide bonds. The Morgan fingerprint density at radius 2 is 2.24 bits per heavy atom. The molecule has 90 valence electrons. The number of aliphatic carboxylic acids is 1. The third-order valence-electron chi connectivity index (χ3n) is 2.73. The van der Waals surface area contributed by atoms with Crippen molar-refractivity contribution in [2.24, 2.45) is 0 Å². The lowest BCUT2D eigenvalue weighted by molar-refractivity contribution is -0.141. The van der Waals surface area contributed by atoms with E-state index < -0.39 is 23.9 Å². The molecule has 0 saturated carbocycles. The standard InChI is InChI=1S/C11H11FN2O3/c12-9-5-1-3-7(13-9)10(15)14-6-2-4-8(14)11(16)17/h1,3,5,8H,2,4,6H2,(H,16,17)/t8-/m1/s1. The molecule has 0 aliphatic carbocycles. The van der Waals surface area contributed by atoms with E-state index in [0.717, 1.165) is 6.07 Å². The van der Waals surface area contributed by atoms with Crippen molar-refractivity contribution in [1.82, 2.24) is 9.88 Å². The normalized spacial score (nSPS) is 19.4. The van der Waals surface area contributed by atoms with E-state index in [1.165, 1.54) is 17.0 Å². The Balaban J connectivity index is 2.23. The van der Waals surface area contributed by atoms with Crippen molar-refractivity contribution < 1.29 is 19.1 Å². The molecule has 1 atom stereocenters. The molecule has 0 unspecified atom stereocenters. The zero-order valence-corrected chi connectivity index (χ0v) is 8.97. The Bertz CT molecular complexity index is 464. The molecule has 17 heavy (non-hydrogen) atoms. The lowest BCUT2D eigenvalue weighted by Gasteiger charge is -2.20. The minimum Gasteiger partial charge on any atom is -0.480 e. The summed E-state index contributed by atoms with van der Waals surface area (Å²) < 4.78 is 12.9. The first-order chi connectivity index (χ1) is 8.09. The number of pyridine rings is 1. The Morgan fingerprint density at radius 1 is 1.47 bits per heavy atom. The van der Waals surface area contributed by atoms with Gasteiger partial charge in [0.25, 0.3) is 5.91 Å². The number of likely N-dealkylation sites (tertiary alicyclic amines) is 1. The van der Waals surface area contributed by atoms with Crippen molar-refractivity contribution in [3.05, 3.63) is 29.8 Å². The number of carbonyl (C=O) groups excluding carboxylic acids is 1. The average Bonchev–Trinajstić information content (AvgIpc) is 2.77. The van der Waals surface area contributed by atoms with Crippen LogP contribution >= 0.6 is 0 Å². The molecule has 1 aliphatic rings. The predicted octanol–water partition coefficient (Wildman–Crippen LogP) is 0.910. The van der Waals surface area contributed by atoms with Gasteiger partial charge in [0.2, 0.25) is 5.95 Å². The average molecular weight is 238 g/mol. The van der Waals surface area contributed by atoms with E-state index in [1.54, 1.807) is 0 Å². The predicted molar refractivity (Wildman–Crippen MR) is 55.9 cm³/mol. The van der Waals surface area contributed by atoms with Crippen molar-refractivity contribution in [2.75, 3.05) is 6.54 Å². The van der Waals surface area contributed by atoms with Gasteiger partial charge >= 0.3 is 5.97 Å². The molecular weight excluding hydrogens is 227 g/mol. The fourth-order valence-electron chi connectivity index (χ4n) is 1.94. The van der Waals surface area contributed by atoms with Gasteiger partial charge in [-0.25, -0.2) is 9.78 Å². The molecule has 1 aromatic heterocycles. The van der Waals surface area contributed by atoms with E-state index in [-0.39, 0.29) is 5.69 Å². The SMILES string of the molecule is O=C(O)[C@H]1CCCN1C(=O)c1cccc(F)n1. The van der Waals surface area contributed by atoms with Crippen molar-refractivity contribution in [3.63, 3.8) is 0 Å². The highest BCUT2D eigenvalue weighted by Crippen LogP contribution is 2.19. The summed E-state index contributed by atoms with van der Waals surface area (Å²) in [7, 11) is 0. The Kier molecular flexibility index (Phi) is 3.03. The smallest absolute Gasteiger partial charge is 0.326 e. The molecule has 2 rings (SSSR count). The molecule has 6 heteroatoms. The van der Waals surface area contributed by atoms with Crippen LogP contribution in [0.1, 0.15) is 23.3 Å². The second-order valence-electron chi connectivity index (χ2n) is 3.84. The summed E-state index contributed by atoms with van der Waals surface area (Å²) in [4.78, 5) is 27.6. The first-order valence-electron chi connectivity index (χ1n) is 5.26. The highest BCUT2D eigenvalue weighted by Gasteiger charge is 2.34. The Hall–Kier alpha value is -1.98. The van der Waals surface area contributed by atoms with Gasteiger partial charge in [0.1, 0.15) is 11.7 Å². The van der Waals surface area contributed by atoms with Crippen LogP contribution in [0.4, 0.5) is 4.39 Å². The summed E-state index contributed by atoms with van der Waals surface area (Å²) >= 11 is 0. The molecule has 2 heterocycles. The van der Waals surface area contributed by atoms with Gasteiger partial charge in [-0.1, -0.05) is 6.07 Å². The van der Waals surface area contributed by atoms with E-state index in [2.05, 4.69) is 4.98 Å². The summed E-state index contributed by atoms with van der Waals surface area (Å²) in [5.74, 6) is -2.32. The number of hydrogen-bond acceptors (Lipinski definition) is 3. The van der Waals surface area contributed by atoms with Crippen molar-refractivity contribution >= 4 is 11.9 Å². The van der Waals surface area contributed by atoms with Crippen LogP contribution in [-0.4, -0.2) is 39.5 Å². The van der Waals surface area contributed by atoms with Gasteiger partial charge in [0.15, 0.2) is 0 Å². The third kappa shape index (κ3) is 2.25. The molecule has 0 bridgehead atoms. The van der Waals surface area contributed by atoms with Crippen LogP contribution in [-0.2, 0) is 4.79 Å². The second-order valence-corrected chi connectivity index (χ2v) is 3.84. The summed E-state index contributed by atoms with van der Waals surface area (Å²) in [6.45, 7) is 0.369. The molecular formula is C11H11FN2O3. The maximum absolute atomic E-state index is 12.9. The van der Waals surface area contributed by atoms with E-state index in [1.807, 2.05) is 0 Å². The van der Waals surface area contributed by atoms with E-state index in [4.69, 9.17) is 5.11 Å². The van der Waals surface area contributed by atoms with E-state index in [0.29, 0.717) is 19.4 Å². The summed E-state index contributed by atoms with van der Waals surface area (Å²) in [6.07, 6.45) is 1.06. The molecule has 0 radical (unpaired) electrons. The van der Waals surface area contributed by atoms with Crippen molar-refractivity contribution in [2.45, 2.75) is 18.9 Å². The lowest BCUT2D eigenvalue weighted by Crippen LogP contribution is -2.40. The minimum atomic E-state index is -1.03. The number of nitrogens with zero attached hydrogens (tertiary/aromatic N) is 2. The number of halogens is 1. The maximum atomic E-state index is 12.9. The number of hydrogen-bond donors (Lipinski definition) is 1. The van der Waals surface area contributed by atoms with Gasteiger partial charge in [-0.15, -0.1) is 0 Å². The fourth-order valence-corrected chi connectivity index (χ4v) is 1.94. The van der Waals surface area contributed by atoms with Crippen LogP contribution in [0.15, 0.2) is 18.2 Å². The first-order valence-corrected chi connectivity index (χ1v) is 5.26. The number of aromatic nitrogens is 1. The Morgan fingerprint density at radius 3 is 2.88 bits per heavy atom. The minimum absolute atomic E-state index is 0.0573.